The molecule has 4 nitrogen and oxygen atoms in total. The molecule has 5 heteroatoms. The highest BCUT2D eigenvalue weighted by Gasteiger charge is 2.40. The van der Waals surface area contributed by atoms with Crippen molar-refractivity contribution in [3.8, 4) is 0 Å². The Morgan fingerprint density at radius 3 is 2.81 bits per heavy atom. The third-order valence-electron chi connectivity index (χ3n) is 5.74. The van der Waals surface area contributed by atoms with Gasteiger partial charge in [-0.25, -0.2) is 0 Å². The van der Waals surface area contributed by atoms with E-state index in [9.17, 15) is 4.79 Å². The Bertz CT molecular complexity index is 756. The fourth-order valence-corrected chi connectivity index (χ4v) is 5.44. The molecule has 1 amide bonds. The Hall–Kier alpha value is -1.72. The van der Waals surface area contributed by atoms with Crippen LogP contribution in [0.15, 0.2) is 35.8 Å². The summed E-state index contributed by atoms with van der Waals surface area (Å²) in [7, 11) is 0. The SMILES string of the molecule is Cc1csc(C(=O)N2CCCC3(CCCN(Cc4ccccn4)C3)C2)c1. The van der Waals surface area contributed by atoms with Gasteiger partial charge in [-0.15, -0.1) is 11.3 Å². The van der Waals surface area contributed by atoms with Crippen LogP contribution >= 0.6 is 11.3 Å². The molecule has 1 spiro atoms. The van der Waals surface area contributed by atoms with Gasteiger partial charge in [0.15, 0.2) is 0 Å². The lowest BCUT2D eigenvalue weighted by molar-refractivity contribution is 0.0112. The van der Waals surface area contributed by atoms with Gasteiger partial charge in [0.25, 0.3) is 5.91 Å². The summed E-state index contributed by atoms with van der Waals surface area (Å²) < 4.78 is 0. The molecular formula is C21H27N3OS. The van der Waals surface area contributed by atoms with E-state index in [1.54, 1.807) is 11.3 Å². The van der Waals surface area contributed by atoms with Gasteiger partial charge in [-0.1, -0.05) is 6.07 Å². The van der Waals surface area contributed by atoms with E-state index in [2.05, 4.69) is 39.2 Å². The minimum Gasteiger partial charge on any atom is -0.337 e. The lowest BCUT2D eigenvalue weighted by Gasteiger charge is -2.48. The molecular weight excluding hydrogens is 342 g/mol. The van der Waals surface area contributed by atoms with Crippen molar-refractivity contribution in [2.45, 2.75) is 39.2 Å². The van der Waals surface area contributed by atoms with Gasteiger partial charge < -0.3 is 4.90 Å². The Kier molecular flexibility index (Phi) is 5.09. The number of nitrogens with zero attached hydrogens (tertiary/aromatic N) is 3. The van der Waals surface area contributed by atoms with E-state index < -0.39 is 0 Å². The van der Waals surface area contributed by atoms with Gasteiger partial charge in [0, 0.05) is 37.8 Å². The van der Waals surface area contributed by atoms with Crippen LogP contribution in [-0.4, -0.2) is 46.9 Å². The van der Waals surface area contributed by atoms with E-state index in [1.165, 1.54) is 24.8 Å². The van der Waals surface area contributed by atoms with Crippen molar-refractivity contribution in [3.05, 3.63) is 52.0 Å². The normalized spacial score (nSPS) is 24.1. The zero-order valence-electron chi connectivity index (χ0n) is 15.5. The molecule has 26 heavy (non-hydrogen) atoms. The number of hydrogen-bond acceptors (Lipinski definition) is 4. The average Bonchev–Trinajstić information content (AvgIpc) is 3.08. The molecule has 2 saturated heterocycles. The number of hydrogen-bond donors (Lipinski definition) is 0. The molecule has 138 valence electrons. The maximum atomic E-state index is 12.9. The van der Waals surface area contributed by atoms with Crippen molar-refractivity contribution in [3.63, 3.8) is 0 Å². The van der Waals surface area contributed by atoms with Crippen LogP contribution in [0.3, 0.4) is 0 Å². The number of amides is 1. The smallest absolute Gasteiger partial charge is 0.263 e. The van der Waals surface area contributed by atoms with E-state index in [4.69, 9.17) is 0 Å². The average molecular weight is 370 g/mol. The Balaban J connectivity index is 1.44. The first-order chi connectivity index (χ1) is 12.6. The third-order valence-corrected chi connectivity index (χ3v) is 6.78. The number of aromatic nitrogens is 1. The predicted molar refractivity (Wildman–Crippen MR) is 105 cm³/mol. The minimum atomic E-state index is 0.226. The largest absolute Gasteiger partial charge is 0.337 e. The van der Waals surface area contributed by atoms with Crippen molar-refractivity contribution in [1.29, 1.82) is 0 Å². The van der Waals surface area contributed by atoms with Gasteiger partial charge in [0.1, 0.15) is 0 Å². The van der Waals surface area contributed by atoms with Crippen LogP contribution in [0.2, 0.25) is 0 Å². The zero-order valence-corrected chi connectivity index (χ0v) is 16.3. The molecule has 4 heterocycles. The van der Waals surface area contributed by atoms with E-state index in [0.29, 0.717) is 0 Å². The summed E-state index contributed by atoms with van der Waals surface area (Å²) in [5.74, 6) is 0.226. The van der Waals surface area contributed by atoms with Crippen LogP contribution in [0.4, 0.5) is 0 Å². The van der Waals surface area contributed by atoms with Gasteiger partial charge in [-0.05, 0) is 68.3 Å². The van der Waals surface area contributed by atoms with Crippen LogP contribution in [0, 0.1) is 12.3 Å². The quantitative estimate of drug-likeness (QED) is 0.821. The Morgan fingerprint density at radius 2 is 2.08 bits per heavy atom. The Labute approximate surface area is 159 Å². The first-order valence-electron chi connectivity index (χ1n) is 9.60. The van der Waals surface area contributed by atoms with Gasteiger partial charge in [0.05, 0.1) is 10.6 Å². The topological polar surface area (TPSA) is 36.4 Å². The summed E-state index contributed by atoms with van der Waals surface area (Å²) in [6, 6.07) is 8.17. The number of likely N-dealkylation sites (tertiary alicyclic amines) is 2. The van der Waals surface area contributed by atoms with Gasteiger partial charge in [-0.3, -0.25) is 14.7 Å². The van der Waals surface area contributed by atoms with Crippen molar-refractivity contribution < 1.29 is 4.79 Å². The molecule has 2 aromatic rings. The summed E-state index contributed by atoms with van der Waals surface area (Å²) in [6.45, 7) is 6.99. The first kappa shape index (κ1) is 17.7. The van der Waals surface area contributed by atoms with E-state index >= 15 is 0 Å². The molecule has 2 aliphatic rings. The molecule has 2 aromatic heterocycles. The van der Waals surface area contributed by atoms with Gasteiger partial charge >= 0.3 is 0 Å². The summed E-state index contributed by atoms with van der Waals surface area (Å²) in [6.07, 6.45) is 6.68. The van der Waals surface area contributed by atoms with Gasteiger partial charge in [-0.2, -0.15) is 0 Å². The first-order valence-corrected chi connectivity index (χ1v) is 10.5. The van der Waals surface area contributed by atoms with Crippen molar-refractivity contribution in [2.75, 3.05) is 26.2 Å². The lowest BCUT2D eigenvalue weighted by atomic mass is 9.73. The summed E-state index contributed by atoms with van der Waals surface area (Å²) in [5.41, 5.74) is 2.58. The fourth-order valence-electron chi connectivity index (χ4n) is 4.58. The minimum absolute atomic E-state index is 0.226. The molecule has 0 radical (unpaired) electrons. The number of aryl methyl sites for hydroxylation is 1. The highest BCUT2D eigenvalue weighted by molar-refractivity contribution is 7.12. The molecule has 0 bridgehead atoms. The molecule has 1 unspecified atom stereocenters. The van der Waals surface area contributed by atoms with Crippen molar-refractivity contribution in [2.24, 2.45) is 5.41 Å². The molecule has 4 rings (SSSR count). The second-order valence-corrected chi connectivity index (χ2v) is 8.87. The van der Waals surface area contributed by atoms with Gasteiger partial charge in [0.2, 0.25) is 0 Å². The Morgan fingerprint density at radius 1 is 1.23 bits per heavy atom. The monoisotopic (exact) mass is 369 g/mol. The fraction of sp³-hybridized carbons (Fsp3) is 0.524. The number of rotatable bonds is 3. The lowest BCUT2D eigenvalue weighted by Crippen LogP contribution is -2.53. The van der Waals surface area contributed by atoms with E-state index in [0.717, 1.165) is 49.7 Å². The van der Waals surface area contributed by atoms with Crippen LogP contribution < -0.4 is 0 Å². The predicted octanol–water partition coefficient (Wildman–Crippen LogP) is 3.97. The van der Waals surface area contributed by atoms with E-state index in [1.807, 2.05) is 18.3 Å². The highest BCUT2D eigenvalue weighted by atomic mass is 32.1. The number of pyridine rings is 1. The summed E-state index contributed by atoms with van der Waals surface area (Å²) >= 11 is 1.58. The number of carbonyl (C=O) groups excluding carboxylic acids is 1. The van der Waals surface area contributed by atoms with Crippen molar-refractivity contribution in [1.82, 2.24) is 14.8 Å². The second-order valence-electron chi connectivity index (χ2n) is 7.95. The van der Waals surface area contributed by atoms with Crippen LogP contribution in [0.25, 0.3) is 0 Å². The maximum absolute atomic E-state index is 12.9. The number of piperidine rings is 2. The van der Waals surface area contributed by atoms with Crippen LogP contribution in [-0.2, 0) is 6.54 Å². The maximum Gasteiger partial charge on any atom is 0.263 e. The molecule has 0 aliphatic carbocycles. The molecule has 0 saturated carbocycles. The number of carbonyl (C=O) groups is 1. The summed E-state index contributed by atoms with van der Waals surface area (Å²) in [4.78, 5) is 22.9. The molecule has 1 atom stereocenters. The highest BCUT2D eigenvalue weighted by Crippen LogP contribution is 2.39. The van der Waals surface area contributed by atoms with Crippen LogP contribution in [0.1, 0.15) is 46.6 Å². The standard InChI is InChI=1S/C21H27N3OS/c1-17-12-19(26-14-17)20(25)24-11-5-8-21(16-24)7-4-10-23(15-21)13-18-6-2-3-9-22-18/h2-3,6,9,12,14H,4-5,7-8,10-11,13,15-16H2,1H3. The second kappa shape index (κ2) is 7.49. The molecule has 2 fully saturated rings. The van der Waals surface area contributed by atoms with Crippen LogP contribution in [0.5, 0.6) is 0 Å². The molecule has 2 aliphatic heterocycles. The van der Waals surface area contributed by atoms with E-state index in [-0.39, 0.29) is 11.3 Å². The zero-order chi connectivity index (χ0) is 18.0. The summed E-state index contributed by atoms with van der Waals surface area (Å²) in [5, 5.41) is 2.07. The van der Waals surface area contributed by atoms with Crippen molar-refractivity contribution >= 4 is 17.2 Å². The molecule has 0 aromatic carbocycles. The number of thiophene rings is 1. The third kappa shape index (κ3) is 3.84. The molecule has 0 N–H and O–H groups in total.